The van der Waals surface area contributed by atoms with Crippen LogP contribution in [0.2, 0.25) is 0 Å². The molecule has 3 rings (SSSR count). The van der Waals surface area contributed by atoms with Gasteiger partial charge in [-0.2, -0.15) is 5.10 Å². The Labute approximate surface area is 168 Å². The fourth-order valence-electron chi connectivity index (χ4n) is 3.67. The quantitative estimate of drug-likeness (QED) is 0.726. The van der Waals surface area contributed by atoms with E-state index in [4.69, 9.17) is 0 Å². The van der Waals surface area contributed by atoms with E-state index in [1.165, 1.54) is 5.56 Å². The summed E-state index contributed by atoms with van der Waals surface area (Å²) in [5, 5.41) is 4.38. The first kappa shape index (κ1) is 20.1. The van der Waals surface area contributed by atoms with Crippen molar-refractivity contribution in [2.45, 2.75) is 33.2 Å². The van der Waals surface area contributed by atoms with Crippen molar-refractivity contribution >= 4 is 17.3 Å². The third-order valence-electron chi connectivity index (χ3n) is 5.40. The van der Waals surface area contributed by atoms with Crippen LogP contribution in [0.25, 0.3) is 0 Å². The topological polar surface area (TPSA) is 49.1 Å². The summed E-state index contributed by atoms with van der Waals surface area (Å²) in [5.74, 6) is -0.141. The number of rotatable bonds is 7. The molecule has 1 fully saturated rings. The van der Waals surface area contributed by atoms with E-state index in [0.29, 0.717) is 5.56 Å². The van der Waals surface area contributed by atoms with Crippen LogP contribution in [0.4, 0.5) is 5.69 Å². The third-order valence-corrected chi connectivity index (χ3v) is 5.40. The molecule has 1 aliphatic heterocycles. The highest BCUT2D eigenvalue weighted by Crippen LogP contribution is 2.14. The van der Waals surface area contributed by atoms with E-state index < -0.39 is 0 Å². The van der Waals surface area contributed by atoms with Crippen LogP contribution < -0.4 is 15.2 Å². The molecule has 2 N–H and O–H groups in total. The van der Waals surface area contributed by atoms with Gasteiger partial charge < -0.3 is 9.80 Å². The SMILES string of the molecule is CCN(CC)c1ccc(C(=O)NN=C2CC[NH+](Cc3ccccc3)CC2)cc1. The number of nitrogens with one attached hydrogen (secondary N) is 2. The maximum Gasteiger partial charge on any atom is 0.271 e. The van der Waals surface area contributed by atoms with Crippen molar-refractivity contribution in [1.29, 1.82) is 0 Å². The molecule has 0 aliphatic carbocycles. The predicted octanol–water partition coefficient (Wildman–Crippen LogP) is 2.50. The van der Waals surface area contributed by atoms with Gasteiger partial charge in [0.1, 0.15) is 6.54 Å². The predicted molar refractivity (Wildman–Crippen MR) is 115 cm³/mol. The minimum absolute atomic E-state index is 0.141. The number of hydrogen-bond donors (Lipinski definition) is 2. The van der Waals surface area contributed by atoms with E-state index in [0.717, 1.165) is 57.0 Å². The van der Waals surface area contributed by atoms with Gasteiger partial charge >= 0.3 is 0 Å². The van der Waals surface area contributed by atoms with Gasteiger partial charge in [-0.25, -0.2) is 5.43 Å². The highest BCUT2D eigenvalue weighted by Gasteiger charge is 2.19. The van der Waals surface area contributed by atoms with Gasteiger partial charge in [0.25, 0.3) is 5.91 Å². The molecule has 0 saturated carbocycles. The molecular formula is C23H31N4O+. The second-order valence-electron chi connectivity index (χ2n) is 7.25. The number of carbonyl (C=O) groups is 1. The summed E-state index contributed by atoms with van der Waals surface area (Å²) in [4.78, 5) is 16.2. The van der Waals surface area contributed by atoms with Gasteiger partial charge in [0.15, 0.2) is 0 Å². The Morgan fingerprint density at radius 1 is 1.00 bits per heavy atom. The van der Waals surface area contributed by atoms with Crippen molar-refractivity contribution in [3.8, 4) is 0 Å². The number of benzene rings is 2. The molecule has 0 bridgehead atoms. The van der Waals surface area contributed by atoms with Crippen molar-refractivity contribution in [1.82, 2.24) is 5.43 Å². The minimum atomic E-state index is -0.141. The van der Waals surface area contributed by atoms with Gasteiger partial charge in [0.05, 0.1) is 13.1 Å². The molecular weight excluding hydrogens is 348 g/mol. The van der Waals surface area contributed by atoms with Crippen LogP contribution >= 0.6 is 0 Å². The zero-order valence-electron chi connectivity index (χ0n) is 16.9. The van der Waals surface area contributed by atoms with Gasteiger partial charge in [-0.05, 0) is 38.1 Å². The second-order valence-corrected chi connectivity index (χ2v) is 7.25. The fourth-order valence-corrected chi connectivity index (χ4v) is 3.67. The van der Waals surface area contributed by atoms with Gasteiger partial charge in [0, 0.05) is 48.5 Å². The van der Waals surface area contributed by atoms with Crippen LogP contribution in [-0.2, 0) is 6.54 Å². The van der Waals surface area contributed by atoms with E-state index in [1.807, 2.05) is 24.3 Å². The molecule has 0 unspecified atom stereocenters. The molecule has 0 aromatic heterocycles. The van der Waals surface area contributed by atoms with Crippen LogP contribution in [0.3, 0.4) is 0 Å². The molecule has 0 atom stereocenters. The summed E-state index contributed by atoms with van der Waals surface area (Å²) >= 11 is 0. The Hall–Kier alpha value is -2.66. The first-order valence-corrected chi connectivity index (χ1v) is 10.3. The molecule has 1 saturated heterocycles. The smallest absolute Gasteiger partial charge is 0.271 e. The Kier molecular flexibility index (Phi) is 7.20. The molecule has 0 spiro atoms. The maximum absolute atomic E-state index is 12.4. The number of piperidine rings is 1. The van der Waals surface area contributed by atoms with Crippen molar-refractivity contribution in [2.24, 2.45) is 5.10 Å². The number of carbonyl (C=O) groups excluding carboxylic acids is 1. The summed E-state index contributed by atoms with van der Waals surface area (Å²) < 4.78 is 0. The average Bonchev–Trinajstić information content (AvgIpc) is 2.75. The summed E-state index contributed by atoms with van der Waals surface area (Å²) in [6, 6.07) is 18.3. The van der Waals surface area contributed by atoms with Crippen molar-refractivity contribution in [3.05, 3.63) is 65.7 Å². The molecule has 2 aromatic carbocycles. The average molecular weight is 380 g/mol. The molecule has 0 radical (unpaired) electrons. The van der Waals surface area contributed by atoms with Crippen molar-refractivity contribution in [2.75, 3.05) is 31.1 Å². The van der Waals surface area contributed by atoms with Crippen LogP contribution in [0.1, 0.15) is 42.6 Å². The molecule has 148 valence electrons. The van der Waals surface area contributed by atoms with E-state index >= 15 is 0 Å². The van der Waals surface area contributed by atoms with Crippen LogP contribution in [0.5, 0.6) is 0 Å². The summed E-state index contributed by atoms with van der Waals surface area (Å²) in [5.41, 5.74) is 6.98. The van der Waals surface area contributed by atoms with Gasteiger partial charge in [-0.15, -0.1) is 0 Å². The fraction of sp³-hybridized carbons (Fsp3) is 0.391. The monoisotopic (exact) mass is 379 g/mol. The Balaban J connectivity index is 1.48. The Bertz CT molecular complexity index is 772. The Morgan fingerprint density at radius 3 is 2.25 bits per heavy atom. The largest absolute Gasteiger partial charge is 0.372 e. The summed E-state index contributed by atoms with van der Waals surface area (Å²) in [6.45, 7) is 9.35. The molecule has 1 aliphatic rings. The lowest BCUT2D eigenvalue weighted by molar-refractivity contribution is -0.914. The van der Waals surface area contributed by atoms with Gasteiger partial charge in [-0.1, -0.05) is 30.3 Å². The highest BCUT2D eigenvalue weighted by atomic mass is 16.2. The van der Waals surface area contributed by atoms with Crippen LogP contribution in [-0.4, -0.2) is 37.8 Å². The zero-order valence-corrected chi connectivity index (χ0v) is 16.9. The number of anilines is 1. The summed E-state index contributed by atoms with van der Waals surface area (Å²) in [7, 11) is 0. The maximum atomic E-state index is 12.4. The van der Waals surface area contributed by atoms with E-state index in [2.05, 4.69) is 59.6 Å². The van der Waals surface area contributed by atoms with Crippen molar-refractivity contribution < 1.29 is 9.69 Å². The molecule has 1 amide bonds. The molecule has 28 heavy (non-hydrogen) atoms. The van der Waals surface area contributed by atoms with Gasteiger partial charge in [-0.3, -0.25) is 4.79 Å². The second kappa shape index (κ2) is 10.0. The van der Waals surface area contributed by atoms with Crippen LogP contribution in [0.15, 0.2) is 59.7 Å². The molecule has 5 heteroatoms. The summed E-state index contributed by atoms with van der Waals surface area (Å²) in [6.07, 6.45) is 1.87. The van der Waals surface area contributed by atoms with Crippen molar-refractivity contribution in [3.63, 3.8) is 0 Å². The number of quaternary nitrogens is 1. The lowest BCUT2D eigenvalue weighted by Crippen LogP contribution is -3.11. The first-order chi connectivity index (χ1) is 13.7. The number of hydrogen-bond acceptors (Lipinski definition) is 3. The number of likely N-dealkylation sites (tertiary alicyclic amines) is 1. The highest BCUT2D eigenvalue weighted by molar-refractivity contribution is 5.95. The minimum Gasteiger partial charge on any atom is -0.372 e. The number of hydrazone groups is 1. The lowest BCUT2D eigenvalue weighted by Gasteiger charge is -2.24. The molecule has 5 nitrogen and oxygen atoms in total. The van der Waals surface area contributed by atoms with Gasteiger partial charge in [0.2, 0.25) is 0 Å². The normalized spacial score (nSPS) is 16.5. The van der Waals surface area contributed by atoms with E-state index in [-0.39, 0.29) is 5.91 Å². The molecule has 2 aromatic rings. The third kappa shape index (κ3) is 5.42. The first-order valence-electron chi connectivity index (χ1n) is 10.3. The molecule has 1 heterocycles. The van der Waals surface area contributed by atoms with E-state index in [1.54, 1.807) is 4.90 Å². The van der Waals surface area contributed by atoms with E-state index in [9.17, 15) is 4.79 Å². The lowest BCUT2D eigenvalue weighted by atomic mass is 10.1. The number of amides is 1. The van der Waals surface area contributed by atoms with Crippen LogP contribution in [0, 0.1) is 0 Å². The zero-order chi connectivity index (χ0) is 19.8. The Morgan fingerprint density at radius 2 is 1.64 bits per heavy atom. The standard InChI is InChI=1S/C23H30N4O/c1-3-27(4-2)22-12-10-20(11-13-22)23(28)25-24-21-14-16-26(17-15-21)18-19-8-6-5-7-9-19/h5-13H,3-4,14-18H2,1-2H3,(H,25,28)/p+1. The number of nitrogens with zero attached hydrogens (tertiary/aromatic N) is 2.